The van der Waals surface area contributed by atoms with Crippen LogP contribution in [0.15, 0.2) is 0 Å². The molecule has 5 heteroatoms. The number of likely N-dealkylation sites (tertiary alicyclic amines) is 1. The molecule has 0 saturated carbocycles. The number of likely N-dealkylation sites (N-methyl/N-ethyl adjacent to an activating group) is 1. The Labute approximate surface area is 108 Å². The van der Waals surface area contributed by atoms with Gasteiger partial charge in [-0.1, -0.05) is 0 Å². The van der Waals surface area contributed by atoms with Crippen LogP contribution in [0.1, 0.15) is 39.0 Å². The van der Waals surface area contributed by atoms with Gasteiger partial charge in [0.05, 0.1) is 5.54 Å². The number of nitrogens with zero attached hydrogens (tertiary/aromatic N) is 1. The highest BCUT2D eigenvalue weighted by Gasteiger charge is 2.43. The molecule has 0 radical (unpaired) electrons. The lowest BCUT2D eigenvalue weighted by Gasteiger charge is -2.38. The van der Waals surface area contributed by atoms with Gasteiger partial charge in [-0.15, -0.1) is 0 Å². The van der Waals surface area contributed by atoms with Gasteiger partial charge in [0.15, 0.2) is 0 Å². The molecule has 2 rings (SSSR count). The molecule has 2 N–H and O–H groups in total. The van der Waals surface area contributed by atoms with Crippen molar-refractivity contribution >= 4 is 11.8 Å². The van der Waals surface area contributed by atoms with E-state index in [0.29, 0.717) is 6.54 Å². The fourth-order valence-corrected chi connectivity index (χ4v) is 3.00. The topological polar surface area (TPSA) is 61.4 Å². The summed E-state index contributed by atoms with van der Waals surface area (Å²) in [6, 6.07) is -0.275. The van der Waals surface area contributed by atoms with Crippen LogP contribution in [0.25, 0.3) is 0 Å². The summed E-state index contributed by atoms with van der Waals surface area (Å²) in [5.41, 5.74) is -0.477. The first-order chi connectivity index (χ1) is 8.58. The number of amides is 2. The third-order valence-corrected chi connectivity index (χ3v) is 4.15. The van der Waals surface area contributed by atoms with Crippen molar-refractivity contribution in [3.8, 4) is 0 Å². The van der Waals surface area contributed by atoms with Gasteiger partial charge in [0, 0.05) is 13.6 Å². The van der Waals surface area contributed by atoms with Gasteiger partial charge in [0.1, 0.15) is 6.04 Å². The monoisotopic (exact) mass is 253 g/mol. The SMILES string of the molecule is CNC(=O)C1CCCN1C(=O)C1(C)CCCCN1. The van der Waals surface area contributed by atoms with Crippen molar-refractivity contribution in [2.24, 2.45) is 0 Å². The van der Waals surface area contributed by atoms with E-state index in [1.165, 1.54) is 0 Å². The molecule has 2 atom stereocenters. The molecule has 2 heterocycles. The van der Waals surface area contributed by atoms with Gasteiger partial charge in [0.25, 0.3) is 0 Å². The second kappa shape index (κ2) is 5.26. The van der Waals surface area contributed by atoms with Crippen LogP contribution in [0.4, 0.5) is 0 Å². The molecule has 0 bridgehead atoms. The minimum atomic E-state index is -0.477. The number of hydrogen-bond acceptors (Lipinski definition) is 3. The van der Waals surface area contributed by atoms with E-state index in [9.17, 15) is 9.59 Å². The van der Waals surface area contributed by atoms with Gasteiger partial charge in [-0.2, -0.15) is 0 Å². The molecule has 0 aromatic rings. The van der Waals surface area contributed by atoms with E-state index >= 15 is 0 Å². The van der Waals surface area contributed by atoms with Crippen molar-refractivity contribution in [2.75, 3.05) is 20.1 Å². The largest absolute Gasteiger partial charge is 0.357 e. The Bertz CT molecular complexity index is 337. The van der Waals surface area contributed by atoms with Crippen molar-refractivity contribution in [1.29, 1.82) is 0 Å². The molecular weight excluding hydrogens is 230 g/mol. The average molecular weight is 253 g/mol. The molecule has 0 spiro atoms. The van der Waals surface area contributed by atoms with Gasteiger partial charge in [0.2, 0.25) is 11.8 Å². The molecule has 0 aromatic heterocycles. The van der Waals surface area contributed by atoms with Crippen LogP contribution in [-0.2, 0) is 9.59 Å². The summed E-state index contributed by atoms with van der Waals surface area (Å²) in [4.78, 5) is 26.2. The minimum Gasteiger partial charge on any atom is -0.357 e. The molecule has 18 heavy (non-hydrogen) atoms. The quantitative estimate of drug-likeness (QED) is 0.742. The van der Waals surface area contributed by atoms with E-state index in [2.05, 4.69) is 10.6 Å². The fourth-order valence-electron chi connectivity index (χ4n) is 3.00. The minimum absolute atomic E-state index is 0.0414. The standard InChI is InChI=1S/C13H23N3O2/c1-13(7-3-4-8-15-13)12(18)16-9-5-6-10(16)11(17)14-2/h10,15H,3-9H2,1-2H3,(H,14,17). The average Bonchev–Trinajstić information content (AvgIpc) is 2.86. The zero-order chi connectivity index (χ0) is 13.2. The predicted octanol–water partition coefficient (Wildman–Crippen LogP) is 0.256. The number of carbonyl (C=O) groups excluding carboxylic acids is 2. The van der Waals surface area contributed by atoms with Gasteiger partial charge in [-0.3, -0.25) is 9.59 Å². The van der Waals surface area contributed by atoms with Crippen LogP contribution in [0.5, 0.6) is 0 Å². The lowest BCUT2D eigenvalue weighted by Crippen LogP contribution is -2.60. The van der Waals surface area contributed by atoms with Crippen LogP contribution >= 0.6 is 0 Å². The third-order valence-electron chi connectivity index (χ3n) is 4.15. The van der Waals surface area contributed by atoms with Crippen molar-refractivity contribution < 1.29 is 9.59 Å². The molecule has 2 aliphatic heterocycles. The number of rotatable bonds is 2. The Morgan fingerprint density at radius 3 is 2.72 bits per heavy atom. The molecular formula is C13H23N3O2. The van der Waals surface area contributed by atoms with E-state index in [1.807, 2.05) is 6.92 Å². The zero-order valence-corrected chi connectivity index (χ0v) is 11.3. The molecule has 0 aromatic carbocycles. The molecule has 2 unspecified atom stereocenters. The Hall–Kier alpha value is -1.10. The highest BCUT2D eigenvalue weighted by molar-refractivity contribution is 5.92. The molecule has 0 aliphatic carbocycles. The Kier molecular flexibility index (Phi) is 3.90. The maximum Gasteiger partial charge on any atom is 0.243 e. The number of hydrogen-bond donors (Lipinski definition) is 2. The normalized spacial score (nSPS) is 32.3. The van der Waals surface area contributed by atoms with Gasteiger partial charge < -0.3 is 15.5 Å². The molecule has 102 valence electrons. The first kappa shape index (κ1) is 13.3. The van der Waals surface area contributed by atoms with Gasteiger partial charge >= 0.3 is 0 Å². The first-order valence-corrected chi connectivity index (χ1v) is 6.86. The molecule has 5 nitrogen and oxygen atoms in total. The third kappa shape index (κ3) is 2.36. The van der Waals surface area contributed by atoms with E-state index < -0.39 is 5.54 Å². The number of nitrogens with one attached hydrogen (secondary N) is 2. The Morgan fingerprint density at radius 2 is 2.11 bits per heavy atom. The smallest absolute Gasteiger partial charge is 0.243 e. The lowest BCUT2D eigenvalue weighted by molar-refractivity contribution is -0.144. The Balaban J connectivity index is 2.09. The van der Waals surface area contributed by atoms with Gasteiger partial charge in [-0.05, 0) is 45.6 Å². The van der Waals surface area contributed by atoms with E-state index in [1.54, 1.807) is 11.9 Å². The zero-order valence-electron chi connectivity index (χ0n) is 11.3. The summed E-state index contributed by atoms with van der Waals surface area (Å²) in [5.74, 6) is 0.0496. The molecule has 2 fully saturated rings. The van der Waals surface area contributed by atoms with Crippen LogP contribution in [0.3, 0.4) is 0 Å². The second-order valence-corrected chi connectivity index (χ2v) is 5.49. The number of piperidine rings is 1. The Morgan fingerprint density at radius 1 is 1.33 bits per heavy atom. The van der Waals surface area contributed by atoms with Gasteiger partial charge in [-0.25, -0.2) is 0 Å². The fraction of sp³-hybridized carbons (Fsp3) is 0.846. The summed E-state index contributed by atoms with van der Waals surface area (Å²) in [5, 5.41) is 5.98. The summed E-state index contributed by atoms with van der Waals surface area (Å²) >= 11 is 0. The molecule has 2 aliphatic rings. The van der Waals surface area contributed by atoms with Crippen molar-refractivity contribution in [1.82, 2.24) is 15.5 Å². The van der Waals surface area contributed by atoms with Crippen LogP contribution < -0.4 is 10.6 Å². The van der Waals surface area contributed by atoms with Crippen molar-refractivity contribution in [2.45, 2.75) is 50.6 Å². The van der Waals surface area contributed by atoms with Crippen molar-refractivity contribution in [3.63, 3.8) is 0 Å². The summed E-state index contributed by atoms with van der Waals surface area (Å²) in [6.07, 6.45) is 4.76. The van der Waals surface area contributed by atoms with E-state index in [4.69, 9.17) is 0 Å². The summed E-state index contributed by atoms with van der Waals surface area (Å²) in [6.45, 7) is 3.56. The molecule has 2 saturated heterocycles. The first-order valence-electron chi connectivity index (χ1n) is 6.86. The highest BCUT2D eigenvalue weighted by Crippen LogP contribution is 2.26. The van der Waals surface area contributed by atoms with Crippen LogP contribution in [-0.4, -0.2) is 48.4 Å². The highest BCUT2D eigenvalue weighted by atomic mass is 16.2. The van der Waals surface area contributed by atoms with E-state index in [0.717, 1.165) is 38.6 Å². The van der Waals surface area contributed by atoms with Crippen LogP contribution in [0, 0.1) is 0 Å². The maximum atomic E-state index is 12.6. The lowest BCUT2D eigenvalue weighted by atomic mass is 9.89. The summed E-state index contributed by atoms with van der Waals surface area (Å²) in [7, 11) is 1.63. The second-order valence-electron chi connectivity index (χ2n) is 5.49. The van der Waals surface area contributed by atoms with Crippen LogP contribution in [0.2, 0.25) is 0 Å². The van der Waals surface area contributed by atoms with Crippen molar-refractivity contribution in [3.05, 3.63) is 0 Å². The summed E-state index contributed by atoms with van der Waals surface area (Å²) < 4.78 is 0. The predicted molar refractivity (Wildman–Crippen MR) is 69.1 cm³/mol. The van der Waals surface area contributed by atoms with E-state index in [-0.39, 0.29) is 17.9 Å². The number of carbonyl (C=O) groups is 2. The molecule has 2 amide bonds. The maximum absolute atomic E-state index is 12.6.